The summed E-state index contributed by atoms with van der Waals surface area (Å²) in [5.74, 6) is 1.04. The molecule has 7 nitrogen and oxygen atoms in total. The Hall–Kier alpha value is -2.22. The Balaban J connectivity index is 2.09. The maximum atomic E-state index is 10.6. The van der Waals surface area contributed by atoms with Crippen molar-refractivity contribution in [2.24, 2.45) is 7.05 Å². The minimum absolute atomic E-state index is 0.0584. The molecule has 1 heterocycles. The van der Waals surface area contributed by atoms with Gasteiger partial charge in [-0.25, -0.2) is 0 Å². The van der Waals surface area contributed by atoms with Gasteiger partial charge in [0.15, 0.2) is 17.1 Å². The fraction of sp³-hybridized carbons (Fsp3) is 0.357. The standard InChI is InChI=1S/C14H17N3O4S/c1-9(21-11-6-4-5-10(7-11)20-3)13-15-16-14(17(13)2)22-8-12(18)19/h4-7,9H,8H2,1-3H3,(H,18,19). The SMILES string of the molecule is COc1cccc(OC(C)c2nnc(SCC(=O)O)n2C)c1. The van der Waals surface area contributed by atoms with E-state index in [1.807, 2.05) is 25.1 Å². The first-order valence-electron chi connectivity index (χ1n) is 6.56. The molecule has 0 fully saturated rings. The Morgan fingerprint density at radius 2 is 2.14 bits per heavy atom. The number of methoxy groups -OCH3 is 1. The number of carboxylic acids is 1. The monoisotopic (exact) mass is 323 g/mol. The molecule has 2 aromatic rings. The van der Waals surface area contributed by atoms with Crippen LogP contribution in [0.2, 0.25) is 0 Å². The zero-order valence-electron chi connectivity index (χ0n) is 12.5. The van der Waals surface area contributed by atoms with Crippen molar-refractivity contribution in [3.05, 3.63) is 30.1 Å². The summed E-state index contributed by atoms with van der Waals surface area (Å²) in [7, 11) is 3.38. The molecule has 0 aliphatic rings. The van der Waals surface area contributed by atoms with E-state index < -0.39 is 5.97 Å². The molecular formula is C14H17N3O4S. The highest BCUT2D eigenvalue weighted by atomic mass is 32.2. The van der Waals surface area contributed by atoms with Crippen LogP contribution in [0.4, 0.5) is 0 Å². The number of aliphatic carboxylic acids is 1. The molecule has 1 unspecified atom stereocenters. The molecule has 0 radical (unpaired) electrons. The van der Waals surface area contributed by atoms with Crippen LogP contribution in [0, 0.1) is 0 Å². The first kappa shape index (κ1) is 16.2. The van der Waals surface area contributed by atoms with Gasteiger partial charge >= 0.3 is 5.97 Å². The lowest BCUT2D eigenvalue weighted by Crippen LogP contribution is -2.10. The molecule has 1 N–H and O–H groups in total. The maximum absolute atomic E-state index is 10.6. The van der Waals surface area contributed by atoms with Crippen molar-refractivity contribution < 1.29 is 19.4 Å². The van der Waals surface area contributed by atoms with E-state index in [0.29, 0.717) is 22.5 Å². The molecule has 0 aliphatic carbocycles. The molecule has 2 rings (SSSR count). The molecular weight excluding hydrogens is 306 g/mol. The Morgan fingerprint density at radius 3 is 2.82 bits per heavy atom. The number of hydrogen-bond acceptors (Lipinski definition) is 6. The number of aromatic nitrogens is 3. The van der Waals surface area contributed by atoms with Crippen LogP contribution < -0.4 is 9.47 Å². The lowest BCUT2D eigenvalue weighted by Gasteiger charge is -2.14. The molecule has 1 aromatic carbocycles. The molecule has 22 heavy (non-hydrogen) atoms. The number of thioether (sulfide) groups is 1. The average Bonchev–Trinajstić information content (AvgIpc) is 2.86. The van der Waals surface area contributed by atoms with Crippen LogP contribution in [0.5, 0.6) is 11.5 Å². The molecule has 0 saturated heterocycles. The van der Waals surface area contributed by atoms with E-state index in [1.165, 1.54) is 0 Å². The zero-order valence-corrected chi connectivity index (χ0v) is 13.3. The lowest BCUT2D eigenvalue weighted by atomic mass is 10.3. The van der Waals surface area contributed by atoms with Gasteiger partial charge in [-0.2, -0.15) is 0 Å². The topological polar surface area (TPSA) is 86.5 Å². The van der Waals surface area contributed by atoms with Gasteiger partial charge in [0.2, 0.25) is 0 Å². The van der Waals surface area contributed by atoms with Crippen LogP contribution in [0.15, 0.2) is 29.4 Å². The van der Waals surface area contributed by atoms with Gasteiger partial charge in [0.25, 0.3) is 0 Å². The van der Waals surface area contributed by atoms with E-state index in [9.17, 15) is 4.79 Å². The molecule has 118 valence electrons. The number of rotatable bonds is 7. The third-order valence-corrected chi connectivity index (χ3v) is 3.92. The predicted molar refractivity (Wildman–Crippen MR) is 81.4 cm³/mol. The second-order valence-corrected chi connectivity index (χ2v) is 5.46. The van der Waals surface area contributed by atoms with E-state index in [2.05, 4.69) is 10.2 Å². The van der Waals surface area contributed by atoms with E-state index in [4.69, 9.17) is 14.6 Å². The number of ether oxygens (including phenoxy) is 2. The quantitative estimate of drug-likeness (QED) is 0.781. The van der Waals surface area contributed by atoms with Crippen LogP contribution in [0.3, 0.4) is 0 Å². The third kappa shape index (κ3) is 3.91. The smallest absolute Gasteiger partial charge is 0.313 e. The summed E-state index contributed by atoms with van der Waals surface area (Å²) in [5.41, 5.74) is 0. The summed E-state index contributed by atoms with van der Waals surface area (Å²) in [4.78, 5) is 10.6. The lowest BCUT2D eigenvalue weighted by molar-refractivity contribution is -0.133. The highest BCUT2D eigenvalue weighted by Crippen LogP contribution is 2.25. The summed E-state index contributed by atoms with van der Waals surface area (Å²) in [6, 6.07) is 7.29. The Labute approximate surface area is 132 Å². The highest BCUT2D eigenvalue weighted by molar-refractivity contribution is 7.99. The van der Waals surface area contributed by atoms with E-state index in [-0.39, 0.29) is 11.9 Å². The van der Waals surface area contributed by atoms with Crippen LogP contribution in [0.1, 0.15) is 18.9 Å². The minimum atomic E-state index is -0.893. The number of hydrogen-bond donors (Lipinski definition) is 1. The maximum Gasteiger partial charge on any atom is 0.313 e. The van der Waals surface area contributed by atoms with Crippen molar-refractivity contribution in [3.63, 3.8) is 0 Å². The molecule has 8 heteroatoms. The molecule has 1 atom stereocenters. The predicted octanol–water partition coefficient (Wildman–Crippen LogP) is 2.14. The number of nitrogens with zero attached hydrogens (tertiary/aromatic N) is 3. The Kier molecular flexibility index (Phi) is 5.26. The van der Waals surface area contributed by atoms with Crippen molar-refractivity contribution in [2.75, 3.05) is 12.9 Å². The van der Waals surface area contributed by atoms with Gasteiger partial charge in [0, 0.05) is 13.1 Å². The third-order valence-electron chi connectivity index (χ3n) is 2.91. The molecule has 0 saturated carbocycles. The molecule has 0 bridgehead atoms. The second kappa shape index (κ2) is 7.17. The summed E-state index contributed by atoms with van der Waals surface area (Å²) >= 11 is 1.12. The fourth-order valence-corrected chi connectivity index (χ4v) is 2.50. The largest absolute Gasteiger partial charge is 0.497 e. The second-order valence-electron chi connectivity index (χ2n) is 4.52. The normalized spacial score (nSPS) is 12.0. The van der Waals surface area contributed by atoms with Crippen LogP contribution in [-0.2, 0) is 11.8 Å². The average molecular weight is 323 g/mol. The van der Waals surface area contributed by atoms with Crippen molar-refractivity contribution in [1.82, 2.24) is 14.8 Å². The summed E-state index contributed by atoms with van der Waals surface area (Å²) < 4.78 is 12.7. The van der Waals surface area contributed by atoms with Crippen LogP contribution in [0.25, 0.3) is 0 Å². The Bertz CT molecular complexity index is 659. The van der Waals surface area contributed by atoms with Crippen molar-refractivity contribution in [2.45, 2.75) is 18.2 Å². The molecule has 0 amide bonds. The number of carbonyl (C=O) groups is 1. The first-order valence-corrected chi connectivity index (χ1v) is 7.54. The number of carboxylic acid groups (broad SMARTS) is 1. The van der Waals surface area contributed by atoms with E-state index >= 15 is 0 Å². The van der Waals surface area contributed by atoms with Gasteiger partial charge in [0.05, 0.1) is 12.9 Å². The van der Waals surface area contributed by atoms with Crippen LogP contribution >= 0.6 is 11.8 Å². The summed E-state index contributed by atoms with van der Waals surface area (Å²) in [6.07, 6.45) is -0.330. The molecule has 0 spiro atoms. The van der Waals surface area contributed by atoms with Crippen molar-refractivity contribution in [1.29, 1.82) is 0 Å². The fourth-order valence-electron chi connectivity index (χ4n) is 1.86. The van der Waals surface area contributed by atoms with E-state index in [1.54, 1.807) is 24.8 Å². The van der Waals surface area contributed by atoms with Gasteiger partial charge in [-0.05, 0) is 19.1 Å². The summed E-state index contributed by atoms with van der Waals surface area (Å²) in [6.45, 7) is 1.86. The van der Waals surface area contributed by atoms with Gasteiger partial charge < -0.3 is 19.1 Å². The number of benzene rings is 1. The minimum Gasteiger partial charge on any atom is -0.497 e. The Morgan fingerprint density at radius 1 is 1.41 bits per heavy atom. The van der Waals surface area contributed by atoms with Gasteiger partial charge in [-0.1, -0.05) is 17.8 Å². The molecule has 1 aromatic heterocycles. The van der Waals surface area contributed by atoms with E-state index in [0.717, 1.165) is 11.8 Å². The zero-order chi connectivity index (χ0) is 16.1. The van der Waals surface area contributed by atoms with Gasteiger partial charge in [-0.15, -0.1) is 10.2 Å². The summed E-state index contributed by atoms with van der Waals surface area (Å²) in [5, 5.41) is 17.3. The first-order chi connectivity index (χ1) is 10.5. The molecule has 0 aliphatic heterocycles. The van der Waals surface area contributed by atoms with Crippen LogP contribution in [-0.4, -0.2) is 38.7 Å². The van der Waals surface area contributed by atoms with Crippen molar-refractivity contribution >= 4 is 17.7 Å². The highest BCUT2D eigenvalue weighted by Gasteiger charge is 2.18. The van der Waals surface area contributed by atoms with Crippen molar-refractivity contribution in [3.8, 4) is 11.5 Å². The van der Waals surface area contributed by atoms with Gasteiger partial charge in [0.1, 0.15) is 11.5 Å². The van der Waals surface area contributed by atoms with Gasteiger partial charge in [-0.3, -0.25) is 4.79 Å².